The molecule has 7 nitrogen and oxygen atoms in total. The van der Waals surface area contributed by atoms with Crippen molar-refractivity contribution in [2.45, 2.75) is 32.9 Å². The lowest BCUT2D eigenvalue weighted by Gasteiger charge is -2.33. The maximum absolute atomic E-state index is 13.9. The second kappa shape index (κ2) is 12.4. The Hall–Kier alpha value is -3.17. The highest BCUT2D eigenvalue weighted by Gasteiger charge is 2.32. The molecule has 0 spiro atoms. The van der Waals surface area contributed by atoms with E-state index >= 15 is 0 Å². The van der Waals surface area contributed by atoms with E-state index in [0.29, 0.717) is 5.69 Å². The monoisotopic (exact) mass is 585 g/mol. The molecule has 196 valence electrons. The van der Waals surface area contributed by atoms with Crippen LogP contribution in [-0.2, 0) is 32.6 Å². The summed E-state index contributed by atoms with van der Waals surface area (Å²) in [7, 11) is -2.26. The molecule has 0 saturated heterocycles. The van der Waals surface area contributed by atoms with E-state index in [1.165, 1.54) is 11.9 Å². The van der Waals surface area contributed by atoms with E-state index in [-0.39, 0.29) is 18.9 Å². The molecular weight excluding hydrogens is 554 g/mol. The third-order valence-corrected chi connectivity index (χ3v) is 7.57. The molecule has 9 heteroatoms. The number of carbonyl (C=O) groups is 2. The molecule has 3 rings (SSSR count). The number of nitrogens with zero attached hydrogens (tertiary/aromatic N) is 2. The smallest absolute Gasteiger partial charge is 0.244 e. The standard InChI is InChI=1S/C28H32BrN3O4S/c1-20-13-21(2)15-25(14-20)32(37(4,35)36)19-27(33)31(18-23-11-8-12-24(29)16-23)26(28(34)30-3)17-22-9-6-5-7-10-22/h5-16,26H,17-19H2,1-4H3,(H,30,34)/t26-/m0/s1. The highest BCUT2D eigenvalue weighted by atomic mass is 79.9. The molecule has 1 N–H and O–H groups in total. The molecule has 0 heterocycles. The molecule has 3 aromatic carbocycles. The first-order valence-electron chi connectivity index (χ1n) is 11.8. The fourth-order valence-corrected chi connectivity index (χ4v) is 5.54. The van der Waals surface area contributed by atoms with Crippen molar-refractivity contribution in [3.8, 4) is 0 Å². The second-order valence-corrected chi connectivity index (χ2v) is 11.9. The van der Waals surface area contributed by atoms with Gasteiger partial charge in [-0.25, -0.2) is 8.42 Å². The van der Waals surface area contributed by atoms with Gasteiger partial charge in [-0.1, -0.05) is 64.5 Å². The SMILES string of the molecule is CNC(=O)[C@H](Cc1ccccc1)N(Cc1cccc(Br)c1)C(=O)CN(c1cc(C)cc(C)c1)S(C)(=O)=O. The molecule has 0 radical (unpaired) electrons. The number of carbonyl (C=O) groups excluding carboxylic acids is 2. The van der Waals surface area contributed by atoms with Gasteiger partial charge in [0.2, 0.25) is 21.8 Å². The zero-order valence-corrected chi connectivity index (χ0v) is 23.8. The maximum atomic E-state index is 13.9. The summed E-state index contributed by atoms with van der Waals surface area (Å²) in [6.45, 7) is 3.45. The van der Waals surface area contributed by atoms with Crippen LogP contribution in [0.4, 0.5) is 5.69 Å². The number of sulfonamides is 1. The Morgan fingerprint density at radius 3 is 2.11 bits per heavy atom. The summed E-state index contributed by atoms with van der Waals surface area (Å²) in [5.41, 5.74) is 3.87. The quantitative estimate of drug-likeness (QED) is 0.386. The van der Waals surface area contributed by atoms with Gasteiger partial charge in [-0.3, -0.25) is 13.9 Å². The van der Waals surface area contributed by atoms with E-state index in [9.17, 15) is 18.0 Å². The Morgan fingerprint density at radius 1 is 0.919 bits per heavy atom. The lowest BCUT2D eigenvalue weighted by Crippen LogP contribution is -2.52. The Balaban J connectivity index is 2.04. The molecule has 3 aromatic rings. The Kier molecular flexibility index (Phi) is 9.50. The number of amides is 2. The van der Waals surface area contributed by atoms with Gasteiger partial charge >= 0.3 is 0 Å². The van der Waals surface area contributed by atoms with Crippen LogP contribution in [0.25, 0.3) is 0 Å². The summed E-state index contributed by atoms with van der Waals surface area (Å²) < 4.78 is 27.6. The zero-order valence-electron chi connectivity index (χ0n) is 21.4. The topological polar surface area (TPSA) is 86.8 Å². The van der Waals surface area contributed by atoms with Gasteiger partial charge in [-0.2, -0.15) is 0 Å². The lowest BCUT2D eigenvalue weighted by atomic mass is 10.0. The highest BCUT2D eigenvalue weighted by molar-refractivity contribution is 9.10. The summed E-state index contributed by atoms with van der Waals surface area (Å²) in [6.07, 6.45) is 1.36. The predicted octanol–water partition coefficient (Wildman–Crippen LogP) is 4.22. The first kappa shape index (κ1) is 28.4. The van der Waals surface area contributed by atoms with Gasteiger partial charge in [0, 0.05) is 24.5 Å². The van der Waals surface area contributed by atoms with Gasteiger partial charge < -0.3 is 10.2 Å². The molecule has 0 aliphatic carbocycles. The van der Waals surface area contributed by atoms with Crippen molar-refractivity contribution in [1.29, 1.82) is 0 Å². The van der Waals surface area contributed by atoms with Crippen LogP contribution in [-0.4, -0.2) is 51.0 Å². The molecule has 1 atom stereocenters. The number of rotatable bonds is 10. The Morgan fingerprint density at radius 2 is 1.54 bits per heavy atom. The summed E-state index contributed by atoms with van der Waals surface area (Å²) in [5, 5.41) is 2.67. The van der Waals surface area contributed by atoms with E-state index in [2.05, 4.69) is 21.2 Å². The second-order valence-electron chi connectivity index (χ2n) is 9.09. The van der Waals surface area contributed by atoms with Gasteiger partial charge in [-0.05, 0) is 60.4 Å². The van der Waals surface area contributed by atoms with E-state index in [1.54, 1.807) is 12.1 Å². The van der Waals surface area contributed by atoms with E-state index in [4.69, 9.17) is 0 Å². The van der Waals surface area contributed by atoms with Crippen LogP contribution in [0.5, 0.6) is 0 Å². The number of anilines is 1. The fourth-order valence-electron chi connectivity index (χ4n) is 4.26. The van der Waals surface area contributed by atoms with Crippen LogP contribution in [0.1, 0.15) is 22.3 Å². The average molecular weight is 587 g/mol. The van der Waals surface area contributed by atoms with Crippen molar-refractivity contribution >= 4 is 43.5 Å². The van der Waals surface area contributed by atoms with Crippen molar-refractivity contribution < 1.29 is 18.0 Å². The zero-order chi connectivity index (χ0) is 27.2. The van der Waals surface area contributed by atoms with Crippen LogP contribution < -0.4 is 9.62 Å². The van der Waals surface area contributed by atoms with Crippen LogP contribution >= 0.6 is 15.9 Å². The first-order chi connectivity index (χ1) is 17.5. The van der Waals surface area contributed by atoms with E-state index in [0.717, 1.165) is 37.3 Å². The lowest BCUT2D eigenvalue weighted by molar-refractivity contribution is -0.139. The summed E-state index contributed by atoms with van der Waals surface area (Å²) in [4.78, 5) is 28.5. The van der Waals surface area contributed by atoms with Crippen LogP contribution in [0, 0.1) is 13.8 Å². The fraction of sp³-hybridized carbons (Fsp3) is 0.286. The summed E-state index contributed by atoms with van der Waals surface area (Å²) in [5.74, 6) is -0.807. The van der Waals surface area contributed by atoms with E-state index < -0.39 is 28.5 Å². The summed E-state index contributed by atoms with van der Waals surface area (Å²) >= 11 is 3.46. The molecule has 37 heavy (non-hydrogen) atoms. The third-order valence-electron chi connectivity index (χ3n) is 5.93. The molecule has 0 fully saturated rings. The number of hydrogen-bond donors (Lipinski definition) is 1. The molecule has 2 amide bonds. The molecule has 0 aliphatic heterocycles. The third kappa shape index (κ3) is 7.90. The van der Waals surface area contributed by atoms with Crippen LogP contribution in [0.2, 0.25) is 0 Å². The number of likely N-dealkylation sites (N-methyl/N-ethyl adjacent to an activating group) is 1. The molecule has 0 unspecified atom stereocenters. The number of hydrogen-bond acceptors (Lipinski definition) is 4. The van der Waals surface area contributed by atoms with Gasteiger partial charge in [0.25, 0.3) is 0 Å². The van der Waals surface area contributed by atoms with Gasteiger partial charge in [0.1, 0.15) is 12.6 Å². The first-order valence-corrected chi connectivity index (χ1v) is 14.5. The highest BCUT2D eigenvalue weighted by Crippen LogP contribution is 2.23. The Bertz CT molecular complexity index is 1340. The number of halogens is 1. The van der Waals surface area contributed by atoms with Gasteiger partial charge in [0.05, 0.1) is 11.9 Å². The number of nitrogens with one attached hydrogen (secondary N) is 1. The van der Waals surface area contributed by atoms with Crippen molar-refractivity contribution in [2.75, 3.05) is 24.2 Å². The predicted molar refractivity (Wildman–Crippen MR) is 151 cm³/mol. The van der Waals surface area contributed by atoms with Gasteiger partial charge in [-0.15, -0.1) is 0 Å². The van der Waals surface area contributed by atoms with Crippen LogP contribution in [0.15, 0.2) is 77.3 Å². The number of aryl methyl sites for hydroxylation is 2. The minimum Gasteiger partial charge on any atom is -0.357 e. The number of benzene rings is 3. The molecule has 0 saturated carbocycles. The van der Waals surface area contributed by atoms with Crippen LogP contribution in [0.3, 0.4) is 0 Å². The van der Waals surface area contributed by atoms with E-state index in [1.807, 2.05) is 74.5 Å². The Labute approximate surface area is 227 Å². The van der Waals surface area contributed by atoms with Gasteiger partial charge in [0.15, 0.2) is 0 Å². The minimum absolute atomic E-state index is 0.133. The van der Waals surface area contributed by atoms with Crippen molar-refractivity contribution in [3.63, 3.8) is 0 Å². The average Bonchev–Trinajstić information content (AvgIpc) is 2.83. The molecule has 0 aliphatic rings. The maximum Gasteiger partial charge on any atom is 0.244 e. The molecular formula is C28H32BrN3O4S. The molecule has 0 bridgehead atoms. The van der Waals surface area contributed by atoms with Crippen molar-refractivity contribution in [2.24, 2.45) is 0 Å². The van der Waals surface area contributed by atoms with Crippen molar-refractivity contribution in [3.05, 3.63) is 99.5 Å². The van der Waals surface area contributed by atoms with Crippen molar-refractivity contribution in [1.82, 2.24) is 10.2 Å². The minimum atomic E-state index is -3.79. The summed E-state index contributed by atoms with van der Waals surface area (Å²) in [6, 6.07) is 21.5. The largest absolute Gasteiger partial charge is 0.357 e. The molecule has 0 aromatic heterocycles. The normalized spacial score (nSPS) is 12.0.